The third kappa shape index (κ3) is 3.16. The molecule has 0 saturated heterocycles. The van der Waals surface area contributed by atoms with Crippen LogP contribution in [0.1, 0.15) is 27.8 Å². The molecule has 0 bridgehead atoms. The molecule has 1 unspecified atom stereocenters. The van der Waals surface area contributed by atoms with E-state index < -0.39 is 5.38 Å². The second kappa shape index (κ2) is 6.14. The van der Waals surface area contributed by atoms with E-state index in [4.69, 9.17) is 11.6 Å². The van der Waals surface area contributed by atoms with Gasteiger partial charge in [-0.2, -0.15) is 0 Å². The van der Waals surface area contributed by atoms with E-state index in [9.17, 15) is 9.90 Å². The molecule has 0 aliphatic heterocycles. The summed E-state index contributed by atoms with van der Waals surface area (Å²) in [6.07, 6.45) is 0. The fourth-order valence-corrected chi connectivity index (χ4v) is 2.21. The molecule has 0 aliphatic rings. The number of nitrogens with zero attached hydrogens (tertiary/aromatic N) is 1. The Balaban J connectivity index is 2.25. The van der Waals surface area contributed by atoms with Crippen molar-refractivity contribution in [3.63, 3.8) is 0 Å². The lowest BCUT2D eigenvalue weighted by atomic mass is 10.1. The van der Waals surface area contributed by atoms with Gasteiger partial charge in [0.2, 0.25) is 5.91 Å². The molecule has 2 rings (SSSR count). The third-order valence-corrected chi connectivity index (χ3v) is 3.91. The van der Waals surface area contributed by atoms with Crippen molar-refractivity contribution in [2.24, 2.45) is 0 Å². The Morgan fingerprint density at radius 1 is 1.19 bits per heavy atom. The smallest absolute Gasteiger partial charge is 0.248 e. The fraction of sp³-hybridized carbons (Fsp3) is 0.250. The average Bonchev–Trinajstić information content (AvgIpc) is 2.50. The summed E-state index contributed by atoms with van der Waals surface area (Å²) in [6, 6.07) is 9.12. The van der Waals surface area contributed by atoms with Crippen LogP contribution in [-0.4, -0.2) is 16.0 Å². The molecule has 21 heavy (non-hydrogen) atoms. The van der Waals surface area contributed by atoms with E-state index in [2.05, 4.69) is 10.3 Å². The van der Waals surface area contributed by atoms with E-state index in [1.165, 1.54) is 0 Å². The number of hydrogen-bond acceptors (Lipinski definition) is 3. The summed E-state index contributed by atoms with van der Waals surface area (Å²) < 4.78 is 0. The van der Waals surface area contributed by atoms with Gasteiger partial charge in [0.15, 0.2) is 0 Å². The van der Waals surface area contributed by atoms with E-state index in [1.807, 2.05) is 18.2 Å². The molecule has 1 aromatic carbocycles. The fourth-order valence-electron chi connectivity index (χ4n) is 2.01. The normalized spacial score (nSPS) is 12.0. The lowest BCUT2D eigenvalue weighted by Gasteiger charge is -2.15. The summed E-state index contributed by atoms with van der Waals surface area (Å²) in [5.41, 5.74) is 2.62. The molecular weight excluding hydrogens is 288 g/mol. The van der Waals surface area contributed by atoms with Gasteiger partial charge >= 0.3 is 0 Å². The maximum absolute atomic E-state index is 12.2. The summed E-state index contributed by atoms with van der Waals surface area (Å²) in [4.78, 5) is 16.4. The standard InChI is InChI=1S/C16H17ClN2O2/c1-9-10(2)15(18-11(3)14(9)20)19-16(21)13(17)12-7-5-4-6-8-12/h4-8,13,20H,1-3H3,(H,18,19,21). The number of carbonyl (C=O) groups excluding carboxylic acids is 1. The number of aromatic hydroxyl groups is 1. The minimum absolute atomic E-state index is 0.149. The average molecular weight is 305 g/mol. The molecule has 1 atom stereocenters. The Bertz CT molecular complexity index is 672. The van der Waals surface area contributed by atoms with Crippen molar-refractivity contribution >= 4 is 23.3 Å². The zero-order chi connectivity index (χ0) is 15.6. The number of pyridine rings is 1. The highest BCUT2D eigenvalue weighted by Crippen LogP contribution is 2.29. The van der Waals surface area contributed by atoms with Gasteiger partial charge in [-0.1, -0.05) is 30.3 Å². The molecule has 2 N–H and O–H groups in total. The van der Waals surface area contributed by atoms with Crippen LogP contribution < -0.4 is 5.32 Å². The van der Waals surface area contributed by atoms with Crippen LogP contribution in [0.3, 0.4) is 0 Å². The zero-order valence-corrected chi connectivity index (χ0v) is 12.9. The third-order valence-electron chi connectivity index (χ3n) is 3.46. The largest absolute Gasteiger partial charge is 0.506 e. The Labute approximate surface area is 128 Å². The van der Waals surface area contributed by atoms with Crippen molar-refractivity contribution in [1.29, 1.82) is 0 Å². The Hall–Kier alpha value is -2.07. The molecule has 110 valence electrons. The topological polar surface area (TPSA) is 62.2 Å². The number of anilines is 1. The molecule has 1 heterocycles. The van der Waals surface area contributed by atoms with Crippen LogP contribution in [0.15, 0.2) is 30.3 Å². The molecule has 5 heteroatoms. The van der Waals surface area contributed by atoms with Gasteiger partial charge < -0.3 is 10.4 Å². The van der Waals surface area contributed by atoms with E-state index in [-0.39, 0.29) is 11.7 Å². The summed E-state index contributed by atoms with van der Waals surface area (Å²) in [5.74, 6) is 0.230. The van der Waals surface area contributed by atoms with Crippen molar-refractivity contribution in [2.45, 2.75) is 26.1 Å². The first-order valence-corrected chi connectivity index (χ1v) is 7.02. The van der Waals surface area contributed by atoms with Gasteiger partial charge in [-0.15, -0.1) is 11.6 Å². The summed E-state index contributed by atoms with van der Waals surface area (Å²) in [5, 5.41) is 11.8. The Morgan fingerprint density at radius 3 is 2.43 bits per heavy atom. The predicted octanol–water partition coefficient (Wildman–Crippen LogP) is 3.63. The van der Waals surface area contributed by atoms with Crippen LogP contribution in [0.5, 0.6) is 5.75 Å². The maximum atomic E-state index is 12.2. The minimum Gasteiger partial charge on any atom is -0.506 e. The number of rotatable bonds is 3. The SMILES string of the molecule is Cc1nc(NC(=O)C(Cl)c2ccccc2)c(C)c(C)c1O. The van der Waals surface area contributed by atoms with Crippen molar-refractivity contribution in [3.05, 3.63) is 52.7 Å². The number of alkyl halides is 1. The summed E-state index contributed by atoms with van der Waals surface area (Å²) >= 11 is 6.18. The first kappa shape index (κ1) is 15.3. The van der Waals surface area contributed by atoms with Gasteiger partial charge in [0.1, 0.15) is 16.9 Å². The van der Waals surface area contributed by atoms with Crippen LogP contribution in [0.4, 0.5) is 5.82 Å². The Morgan fingerprint density at radius 2 is 1.81 bits per heavy atom. The number of benzene rings is 1. The molecule has 1 aromatic heterocycles. The molecule has 0 aliphatic carbocycles. The van der Waals surface area contributed by atoms with E-state index in [0.29, 0.717) is 17.1 Å². The minimum atomic E-state index is -0.790. The van der Waals surface area contributed by atoms with Gasteiger partial charge in [0.25, 0.3) is 0 Å². The van der Waals surface area contributed by atoms with Gasteiger partial charge in [-0.05, 0) is 37.5 Å². The van der Waals surface area contributed by atoms with Crippen molar-refractivity contribution in [3.8, 4) is 5.75 Å². The van der Waals surface area contributed by atoms with Gasteiger partial charge in [-0.3, -0.25) is 4.79 Å². The second-order valence-electron chi connectivity index (χ2n) is 4.91. The number of hydrogen-bond donors (Lipinski definition) is 2. The molecule has 0 fully saturated rings. The lowest BCUT2D eigenvalue weighted by Crippen LogP contribution is -2.19. The van der Waals surface area contributed by atoms with Crippen LogP contribution in [-0.2, 0) is 4.79 Å². The number of nitrogens with one attached hydrogen (secondary N) is 1. The van der Waals surface area contributed by atoms with Gasteiger partial charge in [0, 0.05) is 0 Å². The van der Waals surface area contributed by atoms with Gasteiger partial charge in [0.05, 0.1) is 5.69 Å². The van der Waals surface area contributed by atoms with Crippen molar-refractivity contribution < 1.29 is 9.90 Å². The lowest BCUT2D eigenvalue weighted by molar-refractivity contribution is -0.116. The molecule has 2 aromatic rings. The number of aromatic nitrogens is 1. The zero-order valence-electron chi connectivity index (χ0n) is 12.1. The van der Waals surface area contributed by atoms with Gasteiger partial charge in [-0.25, -0.2) is 4.98 Å². The highest BCUT2D eigenvalue weighted by atomic mass is 35.5. The number of halogens is 1. The molecule has 0 radical (unpaired) electrons. The first-order chi connectivity index (χ1) is 9.91. The highest BCUT2D eigenvalue weighted by molar-refractivity contribution is 6.32. The van der Waals surface area contributed by atoms with Crippen LogP contribution >= 0.6 is 11.6 Å². The molecule has 0 spiro atoms. The van der Waals surface area contributed by atoms with Crippen molar-refractivity contribution in [1.82, 2.24) is 4.98 Å². The van der Waals surface area contributed by atoms with Crippen LogP contribution in [0.25, 0.3) is 0 Å². The quantitative estimate of drug-likeness (QED) is 0.851. The van der Waals surface area contributed by atoms with Crippen LogP contribution in [0, 0.1) is 20.8 Å². The number of amides is 1. The monoisotopic (exact) mass is 304 g/mol. The Kier molecular flexibility index (Phi) is 4.48. The van der Waals surface area contributed by atoms with E-state index >= 15 is 0 Å². The maximum Gasteiger partial charge on any atom is 0.248 e. The van der Waals surface area contributed by atoms with Crippen molar-refractivity contribution in [2.75, 3.05) is 5.32 Å². The summed E-state index contributed by atoms with van der Waals surface area (Å²) in [6.45, 7) is 5.26. The summed E-state index contributed by atoms with van der Waals surface area (Å²) in [7, 11) is 0. The van der Waals surface area contributed by atoms with E-state index in [1.54, 1.807) is 32.9 Å². The van der Waals surface area contributed by atoms with E-state index in [0.717, 1.165) is 11.1 Å². The first-order valence-electron chi connectivity index (χ1n) is 6.58. The molecule has 1 amide bonds. The number of carbonyl (C=O) groups is 1. The molecular formula is C16H17ClN2O2. The highest BCUT2D eigenvalue weighted by Gasteiger charge is 2.20. The molecule has 0 saturated carbocycles. The van der Waals surface area contributed by atoms with Crippen LogP contribution in [0.2, 0.25) is 0 Å². The number of aryl methyl sites for hydroxylation is 1. The predicted molar refractivity (Wildman–Crippen MR) is 83.8 cm³/mol. The molecule has 4 nitrogen and oxygen atoms in total. The second-order valence-corrected chi connectivity index (χ2v) is 5.34.